The fraction of sp³-hybridized carbons (Fsp3) is 1.00. The summed E-state index contributed by atoms with van der Waals surface area (Å²) < 4.78 is 26.4. The Morgan fingerprint density at radius 1 is 0.947 bits per heavy atom. The maximum atomic E-state index is 12.0. The van der Waals surface area contributed by atoms with Gasteiger partial charge in [0, 0.05) is 0 Å². The van der Waals surface area contributed by atoms with Gasteiger partial charge in [-0.05, 0) is 20.3 Å². The first-order valence-electron chi connectivity index (χ1n) is 6.87. The van der Waals surface area contributed by atoms with Gasteiger partial charge in [-0.2, -0.15) is 0 Å². The van der Waals surface area contributed by atoms with Crippen molar-refractivity contribution in [1.29, 1.82) is 0 Å². The minimum absolute atomic E-state index is 0.211. The minimum Gasteiger partial charge on any atom is -0.368 e. The van der Waals surface area contributed by atoms with Crippen molar-refractivity contribution < 1.29 is 28.3 Å². The second kappa shape index (κ2) is 10.8. The highest BCUT2D eigenvalue weighted by molar-refractivity contribution is 7.48. The third-order valence-electron chi connectivity index (χ3n) is 2.31. The number of hydrogen-bond donors (Lipinski definition) is 2. The number of aliphatic hydroxyl groups is 2. The van der Waals surface area contributed by atoms with Crippen LogP contribution in [0.25, 0.3) is 0 Å². The molecule has 6 nitrogen and oxygen atoms in total. The zero-order chi connectivity index (χ0) is 14.7. The normalized spacial score (nSPS) is 17.9. The number of rotatable bonds is 12. The van der Waals surface area contributed by atoms with Crippen LogP contribution in [0, 0.1) is 0 Å². The highest BCUT2D eigenvalue weighted by Crippen LogP contribution is 2.51. The van der Waals surface area contributed by atoms with Gasteiger partial charge in [0.15, 0.2) is 12.6 Å². The maximum Gasteiger partial charge on any atom is 0.479 e. The molecule has 0 aromatic carbocycles. The summed E-state index contributed by atoms with van der Waals surface area (Å²) in [5, 5.41) is 18.1. The van der Waals surface area contributed by atoms with E-state index in [0.29, 0.717) is 0 Å². The first kappa shape index (κ1) is 19.0. The fourth-order valence-electron chi connectivity index (χ4n) is 1.52. The summed E-state index contributed by atoms with van der Waals surface area (Å²) in [6, 6.07) is 0. The Labute approximate surface area is 115 Å². The van der Waals surface area contributed by atoms with E-state index in [1.54, 1.807) is 0 Å². The highest BCUT2D eigenvalue weighted by atomic mass is 31.2. The molecular weight excluding hydrogens is 271 g/mol. The van der Waals surface area contributed by atoms with E-state index in [1.165, 1.54) is 33.1 Å². The summed E-state index contributed by atoms with van der Waals surface area (Å²) in [7, 11) is -3.89. The lowest BCUT2D eigenvalue weighted by molar-refractivity contribution is -0.0754. The van der Waals surface area contributed by atoms with Gasteiger partial charge in [-0.15, -0.1) is 0 Å². The van der Waals surface area contributed by atoms with Gasteiger partial charge in [0.1, 0.15) is 0 Å². The standard InChI is InChI=1S/C12H27O6P/c1-4-5-6-7-8-9-10-16-19(15,17-11(2)13)18-12(3)14/h11-14H,4-10H2,1-3H3. The largest absolute Gasteiger partial charge is 0.479 e. The van der Waals surface area contributed by atoms with E-state index in [4.69, 9.17) is 23.8 Å². The first-order chi connectivity index (χ1) is 8.89. The van der Waals surface area contributed by atoms with Crippen LogP contribution in [-0.4, -0.2) is 29.4 Å². The van der Waals surface area contributed by atoms with Crippen molar-refractivity contribution in [3.63, 3.8) is 0 Å². The average Bonchev–Trinajstić information content (AvgIpc) is 2.25. The molecule has 0 rings (SSSR count). The monoisotopic (exact) mass is 298 g/mol. The van der Waals surface area contributed by atoms with Crippen molar-refractivity contribution in [2.24, 2.45) is 0 Å². The first-order valence-corrected chi connectivity index (χ1v) is 8.33. The SMILES string of the molecule is CCCCCCCCOP(=O)(OC(C)O)OC(C)O. The molecule has 0 amide bonds. The highest BCUT2D eigenvalue weighted by Gasteiger charge is 2.30. The molecule has 0 spiro atoms. The van der Waals surface area contributed by atoms with E-state index in [9.17, 15) is 4.57 Å². The number of phosphoric ester groups is 1. The van der Waals surface area contributed by atoms with Gasteiger partial charge in [-0.1, -0.05) is 39.0 Å². The van der Waals surface area contributed by atoms with Gasteiger partial charge in [-0.3, -0.25) is 13.6 Å². The predicted octanol–water partition coefficient (Wildman–Crippen LogP) is 3.18. The maximum absolute atomic E-state index is 12.0. The van der Waals surface area contributed by atoms with E-state index in [-0.39, 0.29) is 6.61 Å². The second-order valence-corrected chi connectivity index (χ2v) is 6.03. The van der Waals surface area contributed by atoms with Crippen LogP contribution in [0.3, 0.4) is 0 Å². The van der Waals surface area contributed by atoms with Crippen LogP contribution in [-0.2, 0) is 18.1 Å². The van der Waals surface area contributed by atoms with Gasteiger partial charge in [-0.25, -0.2) is 4.57 Å². The molecule has 19 heavy (non-hydrogen) atoms. The van der Waals surface area contributed by atoms with E-state index < -0.39 is 20.4 Å². The molecule has 2 N–H and O–H groups in total. The van der Waals surface area contributed by atoms with E-state index in [1.807, 2.05) is 0 Å². The van der Waals surface area contributed by atoms with Crippen molar-refractivity contribution >= 4 is 7.82 Å². The molecule has 0 aliphatic rings. The van der Waals surface area contributed by atoms with Crippen LogP contribution < -0.4 is 0 Å². The van der Waals surface area contributed by atoms with Crippen LogP contribution in [0.4, 0.5) is 0 Å². The van der Waals surface area contributed by atoms with Gasteiger partial charge in [0.25, 0.3) is 0 Å². The average molecular weight is 298 g/mol. The second-order valence-electron chi connectivity index (χ2n) is 4.46. The number of aliphatic hydroxyl groups excluding tert-OH is 2. The molecule has 0 aliphatic carbocycles. The minimum atomic E-state index is -3.89. The quantitative estimate of drug-likeness (QED) is 0.327. The third-order valence-corrected chi connectivity index (χ3v) is 3.94. The summed E-state index contributed by atoms with van der Waals surface area (Å²) in [6.07, 6.45) is 3.84. The van der Waals surface area contributed by atoms with Crippen LogP contribution in [0.5, 0.6) is 0 Å². The van der Waals surface area contributed by atoms with Crippen molar-refractivity contribution in [3.8, 4) is 0 Å². The van der Waals surface area contributed by atoms with Gasteiger partial charge < -0.3 is 10.2 Å². The van der Waals surface area contributed by atoms with Gasteiger partial charge in [0.2, 0.25) is 0 Å². The van der Waals surface area contributed by atoms with Gasteiger partial charge in [0.05, 0.1) is 6.61 Å². The van der Waals surface area contributed by atoms with Crippen molar-refractivity contribution in [2.75, 3.05) is 6.61 Å². The number of phosphoric acid groups is 1. The predicted molar refractivity (Wildman–Crippen MR) is 72.5 cm³/mol. The molecule has 0 aromatic heterocycles. The van der Waals surface area contributed by atoms with Crippen molar-refractivity contribution in [1.82, 2.24) is 0 Å². The molecular formula is C12H27O6P. The van der Waals surface area contributed by atoms with E-state index in [0.717, 1.165) is 19.3 Å². The Morgan fingerprint density at radius 2 is 1.42 bits per heavy atom. The Balaban J connectivity index is 3.90. The molecule has 0 aliphatic heterocycles. The van der Waals surface area contributed by atoms with Crippen molar-refractivity contribution in [3.05, 3.63) is 0 Å². The molecule has 0 saturated carbocycles. The number of hydrogen-bond acceptors (Lipinski definition) is 6. The topological polar surface area (TPSA) is 85.2 Å². The summed E-state index contributed by atoms with van der Waals surface area (Å²) in [6.45, 7) is 4.96. The summed E-state index contributed by atoms with van der Waals surface area (Å²) in [4.78, 5) is 0. The molecule has 0 saturated heterocycles. The summed E-state index contributed by atoms with van der Waals surface area (Å²) in [5.41, 5.74) is 0. The smallest absolute Gasteiger partial charge is 0.368 e. The van der Waals surface area contributed by atoms with Crippen LogP contribution in [0.1, 0.15) is 59.3 Å². The zero-order valence-electron chi connectivity index (χ0n) is 12.1. The van der Waals surface area contributed by atoms with Crippen LogP contribution >= 0.6 is 7.82 Å². The Kier molecular flexibility index (Phi) is 10.8. The Hall–Kier alpha value is 0.0300. The summed E-state index contributed by atoms with van der Waals surface area (Å²) in [5.74, 6) is 0. The lowest BCUT2D eigenvalue weighted by Gasteiger charge is -2.20. The van der Waals surface area contributed by atoms with Crippen LogP contribution in [0.2, 0.25) is 0 Å². The molecule has 0 aromatic rings. The lowest BCUT2D eigenvalue weighted by atomic mass is 10.1. The van der Waals surface area contributed by atoms with Crippen LogP contribution in [0.15, 0.2) is 0 Å². The molecule has 0 bridgehead atoms. The van der Waals surface area contributed by atoms with E-state index in [2.05, 4.69) is 6.92 Å². The molecule has 0 fully saturated rings. The van der Waals surface area contributed by atoms with Crippen molar-refractivity contribution in [2.45, 2.75) is 71.9 Å². The van der Waals surface area contributed by atoms with Gasteiger partial charge >= 0.3 is 7.82 Å². The Bertz CT molecular complexity index is 243. The lowest BCUT2D eigenvalue weighted by Crippen LogP contribution is -2.13. The summed E-state index contributed by atoms with van der Waals surface area (Å²) >= 11 is 0. The third kappa shape index (κ3) is 11.5. The molecule has 7 heteroatoms. The molecule has 0 radical (unpaired) electrons. The fourth-order valence-corrected chi connectivity index (χ4v) is 2.79. The molecule has 2 unspecified atom stereocenters. The zero-order valence-corrected chi connectivity index (χ0v) is 13.0. The number of unbranched alkanes of at least 4 members (excludes halogenated alkanes) is 5. The molecule has 0 heterocycles. The Morgan fingerprint density at radius 3 is 1.89 bits per heavy atom. The molecule has 2 atom stereocenters. The molecule has 116 valence electrons. The van der Waals surface area contributed by atoms with E-state index >= 15 is 0 Å².